The highest BCUT2D eigenvalue weighted by molar-refractivity contribution is 5.93. The number of hydrogen-bond donors (Lipinski definition) is 1. The van der Waals surface area contributed by atoms with E-state index in [1.54, 1.807) is 18.4 Å². The zero-order chi connectivity index (χ0) is 32.6. The summed E-state index contributed by atoms with van der Waals surface area (Å²) in [6, 6.07) is 15.1. The lowest BCUT2D eigenvalue weighted by Gasteiger charge is -2.57. The summed E-state index contributed by atoms with van der Waals surface area (Å²) < 4.78 is 14.7. The van der Waals surface area contributed by atoms with Gasteiger partial charge >= 0.3 is 5.97 Å². The van der Waals surface area contributed by atoms with E-state index in [0.29, 0.717) is 12.1 Å². The molecule has 1 aliphatic carbocycles. The Kier molecular flexibility index (Phi) is 6.25. The normalized spacial score (nSPS) is 34.7. The molecule has 1 spiro atoms. The summed E-state index contributed by atoms with van der Waals surface area (Å²) >= 11 is 0. The van der Waals surface area contributed by atoms with Crippen molar-refractivity contribution in [3.05, 3.63) is 70.1 Å². The van der Waals surface area contributed by atoms with Crippen molar-refractivity contribution in [1.29, 1.82) is 0 Å². The van der Waals surface area contributed by atoms with Crippen LogP contribution in [0.5, 0.6) is 5.75 Å². The van der Waals surface area contributed by atoms with Crippen LogP contribution in [0.25, 0.3) is 10.9 Å². The Hall–Kier alpha value is -3.29. The van der Waals surface area contributed by atoms with E-state index >= 15 is 0 Å². The molecular weight excluding hydrogens is 596 g/mol. The number of hydrogen-bond acceptors (Lipinski definition) is 6. The number of ether oxygens (including phenoxy) is 2. The first-order chi connectivity index (χ1) is 23.4. The molecule has 1 aromatic heterocycles. The Morgan fingerprint density at radius 2 is 1.75 bits per heavy atom. The van der Waals surface area contributed by atoms with E-state index in [2.05, 4.69) is 69.9 Å². The van der Waals surface area contributed by atoms with Crippen molar-refractivity contribution in [2.24, 2.45) is 10.8 Å². The number of anilines is 1. The van der Waals surface area contributed by atoms with Crippen LogP contribution in [0.2, 0.25) is 0 Å². The molecule has 6 atom stereocenters. The summed E-state index contributed by atoms with van der Waals surface area (Å²) in [4.78, 5) is 19.2. The average Bonchev–Trinajstić information content (AvgIpc) is 3.80. The molecule has 1 N–H and O–H groups in total. The first-order valence-corrected chi connectivity index (χ1v) is 18.8. The molecule has 0 radical (unpaired) electrons. The Balaban J connectivity index is 1.23. The van der Waals surface area contributed by atoms with E-state index in [-0.39, 0.29) is 28.3 Å². The van der Waals surface area contributed by atoms with Crippen LogP contribution in [-0.2, 0) is 21.4 Å². The first kappa shape index (κ1) is 29.6. The lowest BCUT2D eigenvalue weighted by molar-refractivity contribution is -0.137. The second-order valence-electron chi connectivity index (χ2n) is 16.2. The molecule has 3 fully saturated rings. The highest BCUT2D eigenvalue weighted by atomic mass is 16.5. The second-order valence-corrected chi connectivity index (χ2v) is 16.2. The zero-order valence-electron chi connectivity index (χ0n) is 29.2. The smallest absolute Gasteiger partial charge is 0.335 e. The van der Waals surface area contributed by atoms with Gasteiger partial charge in [-0.3, -0.25) is 9.80 Å². The molecule has 7 heterocycles. The van der Waals surface area contributed by atoms with Crippen LogP contribution >= 0.6 is 0 Å². The van der Waals surface area contributed by atoms with Gasteiger partial charge in [0, 0.05) is 52.2 Å². The quantitative estimate of drug-likeness (QED) is 0.290. The van der Waals surface area contributed by atoms with E-state index in [1.807, 2.05) is 7.11 Å². The molecule has 7 heteroatoms. The highest BCUT2D eigenvalue weighted by Crippen LogP contribution is 2.67. The molecule has 2 aromatic carbocycles. The number of benzene rings is 2. The summed E-state index contributed by atoms with van der Waals surface area (Å²) in [5.41, 5.74) is 10.4. The fourth-order valence-corrected chi connectivity index (χ4v) is 13.0. The molecule has 0 bridgehead atoms. The standard InChI is InChI=1S/C41H50N4O3/c1-5-39-14-9-17-43-19-13-26-25-11-7-8-12-31(25)45(34(26)36(39)43)32(24-39)27-21-29-30(22-33(27)47-3)42-35-28(37(46)48-4)23-40(6-2)15-10-18-44-20-16-41(29,35)38(40)44/h7-8,11-12,21-22,32,36,38,42H,5-6,9-10,13-20,23-24H2,1-4H3/t32-,36-,38+,39+,40+,41+/m1/s1. The maximum absolute atomic E-state index is 13.6. The third-order valence-corrected chi connectivity index (χ3v) is 14.9. The lowest BCUT2D eigenvalue weighted by atomic mass is 9.53. The molecule has 48 heavy (non-hydrogen) atoms. The topological polar surface area (TPSA) is 59.0 Å². The number of carbonyl (C=O) groups excluding carboxylic acids is 1. The molecule has 0 unspecified atom stereocenters. The molecule has 7 aliphatic rings. The molecule has 3 saturated heterocycles. The minimum atomic E-state index is -0.242. The van der Waals surface area contributed by atoms with Gasteiger partial charge in [-0.05, 0) is 118 Å². The van der Waals surface area contributed by atoms with E-state index in [4.69, 9.17) is 9.47 Å². The monoisotopic (exact) mass is 646 g/mol. The van der Waals surface area contributed by atoms with Crippen molar-refractivity contribution in [2.45, 2.75) is 102 Å². The number of para-hydroxylation sites is 1. The number of nitrogens with zero attached hydrogens (tertiary/aromatic N) is 3. The van der Waals surface area contributed by atoms with Crippen LogP contribution in [0, 0.1) is 10.8 Å². The van der Waals surface area contributed by atoms with Crippen molar-refractivity contribution in [1.82, 2.24) is 14.4 Å². The highest BCUT2D eigenvalue weighted by Gasteiger charge is 2.66. The summed E-state index contributed by atoms with van der Waals surface area (Å²) in [6.45, 7) is 9.40. The summed E-state index contributed by atoms with van der Waals surface area (Å²) in [5.74, 6) is 0.796. The molecule has 252 valence electrons. The lowest BCUT2D eigenvalue weighted by Crippen LogP contribution is -2.59. The average molecular weight is 647 g/mol. The van der Waals surface area contributed by atoms with Crippen molar-refractivity contribution >= 4 is 22.6 Å². The van der Waals surface area contributed by atoms with Gasteiger partial charge in [-0.1, -0.05) is 32.0 Å². The minimum Gasteiger partial charge on any atom is -0.496 e. The Morgan fingerprint density at radius 1 is 0.958 bits per heavy atom. The van der Waals surface area contributed by atoms with Gasteiger partial charge in [-0.15, -0.1) is 0 Å². The first-order valence-electron chi connectivity index (χ1n) is 18.8. The minimum absolute atomic E-state index is 0.0662. The van der Waals surface area contributed by atoms with Gasteiger partial charge in [-0.25, -0.2) is 4.79 Å². The number of rotatable bonds is 5. The number of fused-ring (bicyclic) bond motifs is 4. The van der Waals surface area contributed by atoms with Gasteiger partial charge in [0.25, 0.3) is 0 Å². The Morgan fingerprint density at radius 3 is 2.54 bits per heavy atom. The Bertz CT molecular complexity index is 1910. The van der Waals surface area contributed by atoms with Gasteiger partial charge in [-0.2, -0.15) is 0 Å². The van der Waals surface area contributed by atoms with Gasteiger partial charge in [0.05, 0.1) is 37.3 Å². The number of piperidine rings is 2. The van der Waals surface area contributed by atoms with E-state index in [0.717, 1.165) is 67.9 Å². The van der Waals surface area contributed by atoms with Crippen LogP contribution in [0.4, 0.5) is 5.69 Å². The number of aromatic nitrogens is 1. The molecular formula is C41H50N4O3. The predicted molar refractivity (Wildman–Crippen MR) is 189 cm³/mol. The molecule has 7 nitrogen and oxygen atoms in total. The van der Waals surface area contributed by atoms with Crippen LogP contribution in [0.15, 0.2) is 47.7 Å². The molecule has 6 aliphatic heterocycles. The predicted octanol–water partition coefficient (Wildman–Crippen LogP) is 7.49. The molecule has 0 amide bonds. The van der Waals surface area contributed by atoms with Crippen molar-refractivity contribution in [2.75, 3.05) is 45.7 Å². The van der Waals surface area contributed by atoms with Crippen LogP contribution in [0.3, 0.4) is 0 Å². The molecule has 3 aromatic rings. The van der Waals surface area contributed by atoms with E-state index < -0.39 is 0 Å². The Labute approximate surface area is 284 Å². The van der Waals surface area contributed by atoms with Crippen LogP contribution in [-0.4, -0.2) is 66.8 Å². The van der Waals surface area contributed by atoms with E-state index in [9.17, 15) is 4.79 Å². The third-order valence-electron chi connectivity index (χ3n) is 14.9. The molecule has 0 saturated carbocycles. The maximum Gasteiger partial charge on any atom is 0.335 e. The fourth-order valence-electron chi connectivity index (χ4n) is 13.0. The van der Waals surface area contributed by atoms with Crippen molar-refractivity contribution in [3.8, 4) is 5.75 Å². The van der Waals surface area contributed by atoms with Crippen LogP contribution < -0.4 is 10.1 Å². The number of nitrogens with one attached hydrogen (secondary N) is 1. The van der Waals surface area contributed by atoms with Gasteiger partial charge in [0.15, 0.2) is 0 Å². The van der Waals surface area contributed by atoms with Gasteiger partial charge in [0.1, 0.15) is 5.75 Å². The third kappa shape index (κ3) is 3.45. The zero-order valence-corrected chi connectivity index (χ0v) is 29.2. The van der Waals surface area contributed by atoms with E-state index in [1.165, 1.54) is 67.2 Å². The maximum atomic E-state index is 13.6. The van der Waals surface area contributed by atoms with Crippen molar-refractivity contribution < 1.29 is 14.3 Å². The number of carbonyl (C=O) groups is 1. The summed E-state index contributed by atoms with van der Waals surface area (Å²) in [7, 11) is 3.39. The van der Waals surface area contributed by atoms with Crippen molar-refractivity contribution in [3.63, 3.8) is 0 Å². The fraction of sp³-hybridized carbons (Fsp3) is 0.585. The van der Waals surface area contributed by atoms with Gasteiger partial charge in [0.2, 0.25) is 0 Å². The van der Waals surface area contributed by atoms with Gasteiger partial charge < -0.3 is 19.4 Å². The summed E-state index contributed by atoms with van der Waals surface area (Å²) in [5, 5.41) is 5.33. The summed E-state index contributed by atoms with van der Waals surface area (Å²) in [6.07, 6.45) is 11.3. The van der Waals surface area contributed by atoms with Crippen LogP contribution in [0.1, 0.15) is 106 Å². The SMILES string of the molecule is CC[C@]12CCCN3CCc4c(n(c5ccccc45)[C@@H](c4cc5c(cc4OC)NC4=C(C(=O)OC)C[C@]6(CC)CCCN7CC[C@@]45[C@@H]76)C1)[C@@H]32. The largest absolute Gasteiger partial charge is 0.496 e. The number of methoxy groups -OCH3 is 2. The molecule has 10 rings (SSSR count). The number of esters is 1. The second kappa shape index (κ2) is 10.1.